The lowest BCUT2D eigenvalue weighted by Gasteiger charge is -2.17. The molecule has 0 unspecified atom stereocenters. The summed E-state index contributed by atoms with van der Waals surface area (Å²) in [6.45, 7) is 0. The van der Waals surface area contributed by atoms with Crippen LogP contribution >= 0.6 is 23.2 Å². The van der Waals surface area contributed by atoms with Crippen molar-refractivity contribution < 1.29 is 14.3 Å². The lowest BCUT2D eigenvalue weighted by Crippen LogP contribution is -2.43. The van der Waals surface area contributed by atoms with Gasteiger partial charge in [-0.3, -0.25) is 4.79 Å². The van der Waals surface area contributed by atoms with E-state index in [1.54, 1.807) is 6.07 Å². The van der Waals surface area contributed by atoms with Crippen LogP contribution in [0.2, 0.25) is 10.0 Å². The van der Waals surface area contributed by atoms with Gasteiger partial charge in [0.25, 0.3) is 5.91 Å². The molecule has 0 heterocycles. The number of hydrogen-bond donors (Lipinski definition) is 1. The quantitative estimate of drug-likeness (QED) is 0.838. The number of halogens is 2. The predicted octanol–water partition coefficient (Wildman–Crippen LogP) is 3.51. The maximum Gasteiger partial charge on any atom is 0.328 e. The number of nitrogens with one attached hydrogen (secondary N) is 1. The molecule has 1 amide bonds. The number of benzene rings is 2. The molecule has 2 aromatic rings. The molecule has 6 heteroatoms. The Bertz CT molecular complexity index is 704. The molecule has 23 heavy (non-hydrogen) atoms. The highest BCUT2D eigenvalue weighted by Crippen LogP contribution is 2.21. The van der Waals surface area contributed by atoms with Crippen molar-refractivity contribution in [2.75, 3.05) is 7.11 Å². The Kier molecular flexibility index (Phi) is 6.02. The fourth-order valence-electron chi connectivity index (χ4n) is 2.09. The Morgan fingerprint density at radius 3 is 2.43 bits per heavy atom. The van der Waals surface area contributed by atoms with Crippen LogP contribution < -0.4 is 5.32 Å². The molecule has 4 nitrogen and oxygen atoms in total. The van der Waals surface area contributed by atoms with Crippen molar-refractivity contribution >= 4 is 35.1 Å². The molecule has 0 bridgehead atoms. The summed E-state index contributed by atoms with van der Waals surface area (Å²) in [6, 6.07) is 13.1. The second-order valence-corrected chi connectivity index (χ2v) is 5.71. The van der Waals surface area contributed by atoms with Gasteiger partial charge < -0.3 is 10.1 Å². The average Bonchev–Trinajstić information content (AvgIpc) is 2.54. The standard InChI is InChI=1S/C17H15Cl2NO3/c1-23-17(22)15(9-11-5-3-2-4-6-11)20-16(21)13-8-7-12(18)10-14(13)19/h2-8,10,15H,9H2,1H3,(H,20,21)/t15-/m1/s1. The summed E-state index contributed by atoms with van der Waals surface area (Å²) in [5.41, 5.74) is 1.16. The van der Waals surface area contributed by atoms with Crippen LogP contribution in [0.1, 0.15) is 15.9 Å². The fraction of sp³-hybridized carbons (Fsp3) is 0.176. The third-order valence-electron chi connectivity index (χ3n) is 3.25. The van der Waals surface area contributed by atoms with Crippen molar-refractivity contribution in [3.63, 3.8) is 0 Å². The molecule has 0 fully saturated rings. The van der Waals surface area contributed by atoms with E-state index in [0.29, 0.717) is 11.4 Å². The first-order valence-electron chi connectivity index (χ1n) is 6.89. The molecule has 0 spiro atoms. The minimum Gasteiger partial charge on any atom is -0.467 e. The lowest BCUT2D eigenvalue weighted by atomic mass is 10.1. The molecule has 120 valence electrons. The number of methoxy groups -OCH3 is 1. The minimum atomic E-state index is -0.804. The molecule has 2 rings (SSSR count). The predicted molar refractivity (Wildman–Crippen MR) is 89.9 cm³/mol. The summed E-state index contributed by atoms with van der Waals surface area (Å²) in [6.07, 6.45) is 0.324. The minimum absolute atomic E-state index is 0.221. The van der Waals surface area contributed by atoms with Crippen molar-refractivity contribution in [2.24, 2.45) is 0 Å². The Labute approximate surface area is 144 Å². The van der Waals surface area contributed by atoms with E-state index in [-0.39, 0.29) is 10.6 Å². The molecule has 0 aromatic heterocycles. The van der Waals surface area contributed by atoms with E-state index in [1.165, 1.54) is 19.2 Å². The van der Waals surface area contributed by atoms with E-state index in [4.69, 9.17) is 27.9 Å². The number of carbonyl (C=O) groups is 2. The summed E-state index contributed by atoms with van der Waals surface area (Å²) in [4.78, 5) is 24.3. The van der Waals surface area contributed by atoms with Crippen LogP contribution in [-0.2, 0) is 16.0 Å². The summed E-state index contributed by atoms with van der Waals surface area (Å²) in [5.74, 6) is -0.981. The second kappa shape index (κ2) is 7.99. The van der Waals surface area contributed by atoms with E-state index in [0.717, 1.165) is 5.56 Å². The van der Waals surface area contributed by atoms with Gasteiger partial charge in [0, 0.05) is 11.4 Å². The van der Waals surface area contributed by atoms with Crippen molar-refractivity contribution in [1.29, 1.82) is 0 Å². The third kappa shape index (κ3) is 4.71. The first-order chi connectivity index (χ1) is 11.0. The first kappa shape index (κ1) is 17.3. The Balaban J connectivity index is 2.17. The van der Waals surface area contributed by atoms with Crippen molar-refractivity contribution in [3.05, 3.63) is 69.7 Å². The molecule has 0 saturated heterocycles. The van der Waals surface area contributed by atoms with Gasteiger partial charge in [-0.2, -0.15) is 0 Å². The monoisotopic (exact) mass is 351 g/mol. The zero-order valence-electron chi connectivity index (χ0n) is 12.4. The van der Waals surface area contributed by atoms with E-state index in [9.17, 15) is 9.59 Å². The molecule has 0 aliphatic carbocycles. The largest absolute Gasteiger partial charge is 0.467 e. The summed E-state index contributed by atoms with van der Waals surface area (Å²) in [5, 5.41) is 3.30. The molecule has 0 saturated carbocycles. The first-order valence-corrected chi connectivity index (χ1v) is 7.64. The van der Waals surface area contributed by atoms with Crippen LogP contribution in [0.4, 0.5) is 0 Å². The van der Waals surface area contributed by atoms with Crippen LogP contribution in [-0.4, -0.2) is 25.0 Å². The van der Waals surface area contributed by atoms with E-state index in [1.807, 2.05) is 30.3 Å². The molecule has 0 aliphatic rings. The zero-order chi connectivity index (χ0) is 16.8. The van der Waals surface area contributed by atoms with E-state index < -0.39 is 17.9 Å². The maximum absolute atomic E-state index is 12.4. The summed E-state index contributed by atoms with van der Waals surface area (Å²) < 4.78 is 4.76. The van der Waals surface area contributed by atoms with Gasteiger partial charge in [-0.15, -0.1) is 0 Å². The van der Waals surface area contributed by atoms with Crippen LogP contribution in [0.15, 0.2) is 48.5 Å². The smallest absolute Gasteiger partial charge is 0.328 e. The van der Waals surface area contributed by atoms with Gasteiger partial charge in [0.05, 0.1) is 17.7 Å². The Hall–Kier alpha value is -2.04. The molecule has 0 radical (unpaired) electrons. The van der Waals surface area contributed by atoms with Gasteiger partial charge in [0.2, 0.25) is 0 Å². The summed E-state index contributed by atoms with van der Waals surface area (Å²) >= 11 is 11.8. The van der Waals surface area contributed by atoms with Crippen molar-refractivity contribution in [1.82, 2.24) is 5.32 Å². The summed E-state index contributed by atoms with van der Waals surface area (Å²) in [7, 11) is 1.28. The number of hydrogen-bond acceptors (Lipinski definition) is 3. The molecule has 2 aromatic carbocycles. The molecular formula is C17H15Cl2NO3. The molecule has 1 N–H and O–H groups in total. The number of amides is 1. The van der Waals surface area contributed by atoms with Crippen LogP contribution in [0.3, 0.4) is 0 Å². The van der Waals surface area contributed by atoms with Gasteiger partial charge in [0.15, 0.2) is 0 Å². The highest BCUT2D eigenvalue weighted by atomic mass is 35.5. The van der Waals surface area contributed by atoms with Gasteiger partial charge in [-0.25, -0.2) is 4.79 Å². The van der Waals surface area contributed by atoms with Crippen LogP contribution in [0.25, 0.3) is 0 Å². The van der Waals surface area contributed by atoms with Crippen LogP contribution in [0, 0.1) is 0 Å². The number of rotatable bonds is 5. The Morgan fingerprint density at radius 2 is 1.83 bits per heavy atom. The average molecular weight is 352 g/mol. The highest BCUT2D eigenvalue weighted by molar-refractivity contribution is 6.36. The van der Waals surface area contributed by atoms with Crippen molar-refractivity contribution in [3.8, 4) is 0 Å². The number of esters is 1. The second-order valence-electron chi connectivity index (χ2n) is 4.86. The molecule has 1 atom stereocenters. The topological polar surface area (TPSA) is 55.4 Å². The lowest BCUT2D eigenvalue weighted by molar-refractivity contribution is -0.142. The van der Waals surface area contributed by atoms with E-state index in [2.05, 4.69) is 5.32 Å². The van der Waals surface area contributed by atoms with Gasteiger partial charge in [0.1, 0.15) is 6.04 Å². The zero-order valence-corrected chi connectivity index (χ0v) is 13.9. The fourth-order valence-corrected chi connectivity index (χ4v) is 2.59. The Morgan fingerprint density at radius 1 is 1.13 bits per heavy atom. The van der Waals surface area contributed by atoms with Gasteiger partial charge >= 0.3 is 5.97 Å². The maximum atomic E-state index is 12.4. The molecular weight excluding hydrogens is 337 g/mol. The number of ether oxygens (including phenoxy) is 1. The van der Waals surface area contributed by atoms with Crippen LogP contribution in [0.5, 0.6) is 0 Å². The van der Waals surface area contributed by atoms with Crippen molar-refractivity contribution in [2.45, 2.75) is 12.5 Å². The van der Waals surface area contributed by atoms with E-state index >= 15 is 0 Å². The van der Waals surface area contributed by atoms with Gasteiger partial charge in [-0.05, 0) is 23.8 Å². The SMILES string of the molecule is COC(=O)[C@@H](Cc1ccccc1)NC(=O)c1ccc(Cl)cc1Cl. The number of carbonyl (C=O) groups excluding carboxylic acids is 2. The highest BCUT2D eigenvalue weighted by Gasteiger charge is 2.23. The van der Waals surface area contributed by atoms with Gasteiger partial charge in [-0.1, -0.05) is 53.5 Å². The molecule has 0 aliphatic heterocycles. The third-order valence-corrected chi connectivity index (χ3v) is 3.80. The normalized spacial score (nSPS) is 11.6.